The second-order valence-corrected chi connectivity index (χ2v) is 12.2. The average molecular weight is 677 g/mol. The summed E-state index contributed by atoms with van der Waals surface area (Å²) in [6.45, 7) is 4.54. The van der Waals surface area contributed by atoms with Crippen molar-refractivity contribution in [2.45, 2.75) is 82.6 Å². The van der Waals surface area contributed by atoms with E-state index in [1.54, 1.807) is 4.90 Å². The lowest BCUT2D eigenvalue weighted by Gasteiger charge is -2.40. The van der Waals surface area contributed by atoms with Gasteiger partial charge in [-0.05, 0) is 25.2 Å². The quantitative estimate of drug-likeness (QED) is 0.0317. The number of amides is 6. The number of carbonyl (C=O) groups excluding carboxylic acids is 6. The monoisotopic (exact) mass is 676 g/mol. The lowest BCUT2D eigenvalue weighted by atomic mass is 10.00. The number of urea groups is 1. The second kappa shape index (κ2) is 17.2. The molecule has 6 amide bonds. The van der Waals surface area contributed by atoms with Gasteiger partial charge in [-0.2, -0.15) is 5.26 Å². The van der Waals surface area contributed by atoms with Crippen LogP contribution >= 0.6 is 0 Å². The highest BCUT2D eigenvalue weighted by molar-refractivity contribution is 6.08. The number of carboxylic acid groups (broad SMARTS) is 1. The van der Waals surface area contributed by atoms with Crippen molar-refractivity contribution in [1.29, 1.82) is 5.26 Å². The molecule has 19 heteroatoms. The number of cyclic esters (lactones) is 1. The first-order valence-corrected chi connectivity index (χ1v) is 15.8. The summed E-state index contributed by atoms with van der Waals surface area (Å²) in [6, 6.07) is -4.17. The van der Waals surface area contributed by atoms with Crippen LogP contribution in [0.25, 0.3) is 0 Å². The Bertz CT molecular complexity index is 1320. The fourth-order valence-corrected chi connectivity index (χ4v) is 5.80. The number of piperazine rings is 1. The molecule has 0 spiro atoms. The minimum absolute atomic E-state index is 0.0907. The third-order valence-corrected chi connectivity index (χ3v) is 8.21. The van der Waals surface area contributed by atoms with Crippen molar-refractivity contribution >= 4 is 47.6 Å². The molecule has 264 valence electrons. The Morgan fingerprint density at radius 1 is 1.10 bits per heavy atom. The summed E-state index contributed by atoms with van der Waals surface area (Å²) in [5.74, 6) is -4.56. The maximum atomic E-state index is 13.7. The fraction of sp³-hybridized carbons (Fsp3) is 0.690. The van der Waals surface area contributed by atoms with E-state index in [1.165, 1.54) is 4.90 Å². The van der Waals surface area contributed by atoms with Crippen molar-refractivity contribution in [3.8, 4) is 6.07 Å². The molecule has 3 saturated heterocycles. The zero-order valence-corrected chi connectivity index (χ0v) is 27.1. The number of imide groups is 1. The third kappa shape index (κ3) is 10.0. The predicted molar refractivity (Wildman–Crippen MR) is 166 cm³/mol. The largest absolute Gasteiger partial charge is 0.481 e. The normalized spacial score (nSPS) is 21.5. The van der Waals surface area contributed by atoms with E-state index in [1.807, 2.05) is 19.9 Å². The molecule has 0 aromatic rings. The molecule has 19 nitrogen and oxygen atoms in total. The summed E-state index contributed by atoms with van der Waals surface area (Å²) in [5.41, 5.74) is 10.7. The minimum Gasteiger partial charge on any atom is -0.481 e. The molecule has 3 rings (SSSR count). The van der Waals surface area contributed by atoms with E-state index in [9.17, 15) is 38.8 Å². The average Bonchev–Trinajstić information content (AvgIpc) is 3.55. The standard InChI is InChI=1S/C29H44N10O9/c1-16(2)14-21(39-25(44)19(15-22(40)41)36-29(39)47)26(45)38-11-9-37(10-12-38)20(5-7-30)24(43)34-17(4-3-8-33-28(31)32)23(42)35-18-6-13-48-27(18)46/h16-21H,3-6,8-15H2,1-2H3,(H,34,43)(H,35,42)(H,36,47)(H,40,41)(H4,31,32,33)/t17-,18-,19-,20-,21+/m0/s1. The summed E-state index contributed by atoms with van der Waals surface area (Å²) in [6.07, 6.45) is 0.0583. The van der Waals surface area contributed by atoms with Crippen molar-refractivity contribution in [2.75, 3.05) is 39.3 Å². The first-order valence-electron chi connectivity index (χ1n) is 15.8. The zero-order chi connectivity index (χ0) is 35.5. The van der Waals surface area contributed by atoms with Crippen molar-refractivity contribution < 1.29 is 43.4 Å². The van der Waals surface area contributed by atoms with Crippen LogP contribution in [0.15, 0.2) is 4.99 Å². The van der Waals surface area contributed by atoms with Crippen molar-refractivity contribution in [3.05, 3.63) is 0 Å². The Balaban J connectivity index is 1.69. The molecule has 0 unspecified atom stereocenters. The van der Waals surface area contributed by atoms with Crippen LogP contribution in [0, 0.1) is 17.2 Å². The smallest absolute Gasteiger partial charge is 0.328 e. The number of rotatable bonds is 16. The number of carboxylic acids is 1. The van der Waals surface area contributed by atoms with Gasteiger partial charge in [0, 0.05) is 39.1 Å². The highest BCUT2D eigenvalue weighted by Crippen LogP contribution is 2.22. The Morgan fingerprint density at radius 2 is 1.79 bits per heavy atom. The maximum Gasteiger partial charge on any atom is 0.328 e. The molecule has 0 aliphatic carbocycles. The van der Waals surface area contributed by atoms with E-state index >= 15 is 0 Å². The molecule has 48 heavy (non-hydrogen) atoms. The van der Waals surface area contributed by atoms with Crippen LogP contribution < -0.4 is 27.4 Å². The molecule has 8 N–H and O–H groups in total. The Labute approximate surface area is 277 Å². The molecular weight excluding hydrogens is 632 g/mol. The summed E-state index contributed by atoms with van der Waals surface area (Å²) in [5, 5.41) is 26.3. The van der Waals surface area contributed by atoms with Gasteiger partial charge in [0.05, 0.1) is 25.5 Å². The van der Waals surface area contributed by atoms with E-state index in [4.69, 9.17) is 21.3 Å². The van der Waals surface area contributed by atoms with Crippen LogP contribution in [0.1, 0.15) is 52.4 Å². The lowest BCUT2D eigenvalue weighted by Crippen LogP contribution is -2.60. The summed E-state index contributed by atoms with van der Waals surface area (Å²) in [4.78, 5) is 97.0. The zero-order valence-electron chi connectivity index (χ0n) is 27.1. The number of nitriles is 1. The molecule has 0 radical (unpaired) electrons. The van der Waals surface area contributed by atoms with Gasteiger partial charge in [-0.1, -0.05) is 13.8 Å². The Hall–Kier alpha value is -4.99. The molecule has 0 aromatic heterocycles. The molecule has 3 aliphatic heterocycles. The first kappa shape index (κ1) is 37.5. The molecule has 5 atom stereocenters. The van der Waals surface area contributed by atoms with E-state index in [2.05, 4.69) is 20.9 Å². The van der Waals surface area contributed by atoms with Crippen molar-refractivity contribution in [3.63, 3.8) is 0 Å². The van der Waals surface area contributed by atoms with Crippen molar-refractivity contribution in [1.82, 2.24) is 30.7 Å². The second-order valence-electron chi connectivity index (χ2n) is 12.2. The number of carbonyl (C=O) groups is 7. The van der Waals surface area contributed by atoms with Crippen LogP contribution in [0.4, 0.5) is 4.79 Å². The topological polar surface area (TPSA) is 283 Å². The molecule has 0 saturated carbocycles. The van der Waals surface area contributed by atoms with Crippen LogP contribution in [-0.4, -0.2) is 137 Å². The van der Waals surface area contributed by atoms with Gasteiger partial charge < -0.3 is 42.2 Å². The van der Waals surface area contributed by atoms with Gasteiger partial charge in [0.1, 0.15) is 30.2 Å². The number of ether oxygens (including phenoxy) is 1. The third-order valence-electron chi connectivity index (χ3n) is 8.21. The van der Waals surface area contributed by atoms with E-state index in [0.29, 0.717) is 6.42 Å². The predicted octanol–water partition coefficient (Wildman–Crippen LogP) is -2.81. The van der Waals surface area contributed by atoms with E-state index < -0.39 is 78.2 Å². The van der Waals surface area contributed by atoms with Gasteiger partial charge in [0.2, 0.25) is 17.7 Å². The number of esters is 1. The molecule has 0 bridgehead atoms. The molecular formula is C29H44N10O9. The lowest BCUT2D eigenvalue weighted by molar-refractivity contribution is -0.145. The van der Waals surface area contributed by atoms with Gasteiger partial charge in [0.15, 0.2) is 5.96 Å². The van der Waals surface area contributed by atoms with Crippen LogP contribution in [0.2, 0.25) is 0 Å². The number of aliphatic carboxylic acids is 1. The van der Waals surface area contributed by atoms with Crippen LogP contribution in [0.3, 0.4) is 0 Å². The van der Waals surface area contributed by atoms with Gasteiger partial charge >= 0.3 is 18.0 Å². The van der Waals surface area contributed by atoms with Crippen molar-refractivity contribution in [2.24, 2.45) is 22.4 Å². The SMILES string of the molecule is CC(C)C[C@H](C(=O)N1CCN([C@@H](CC#N)C(=O)N[C@@H](CCCN=C(N)N)C(=O)N[C@H]2CCOC2=O)CC1)N1C(=O)N[C@@H](CC(=O)O)C1=O. The Kier molecular flexibility index (Phi) is 13.5. The molecule has 0 aromatic carbocycles. The number of hydrogen-bond acceptors (Lipinski definition) is 11. The minimum atomic E-state index is -1.27. The number of guanidine groups is 1. The van der Waals surface area contributed by atoms with E-state index in [-0.39, 0.29) is 76.9 Å². The number of nitrogens with zero attached hydrogens (tertiary/aromatic N) is 5. The number of hydrogen-bond donors (Lipinski definition) is 6. The number of nitrogens with one attached hydrogen (secondary N) is 3. The van der Waals surface area contributed by atoms with Gasteiger partial charge in [-0.25, -0.2) is 14.5 Å². The summed E-state index contributed by atoms with van der Waals surface area (Å²) in [7, 11) is 0. The number of aliphatic imine (C=N–C) groups is 1. The highest BCUT2D eigenvalue weighted by Gasteiger charge is 2.47. The van der Waals surface area contributed by atoms with Gasteiger partial charge in [-0.15, -0.1) is 0 Å². The molecule has 3 aliphatic rings. The molecule has 3 heterocycles. The number of nitrogens with two attached hydrogens (primary N) is 2. The fourth-order valence-electron chi connectivity index (χ4n) is 5.80. The molecule has 3 fully saturated rings. The first-order chi connectivity index (χ1) is 22.7. The highest BCUT2D eigenvalue weighted by atomic mass is 16.5. The van der Waals surface area contributed by atoms with E-state index in [0.717, 1.165) is 4.90 Å². The van der Waals surface area contributed by atoms with Crippen LogP contribution in [0.5, 0.6) is 0 Å². The maximum absolute atomic E-state index is 13.7. The van der Waals surface area contributed by atoms with Crippen LogP contribution in [-0.2, 0) is 33.5 Å². The van der Waals surface area contributed by atoms with Gasteiger partial charge in [0.25, 0.3) is 5.91 Å². The summed E-state index contributed by atoms with van der Waals surface area (Å²) >= 11 is 0. The summed E-state index contributed by atoms with van der Waals surface area (Å²) < 4.78 is 4.90. The van der Waals surface area contributed by atoms with Gasteiger partial charge in [-0.3, -0.25) is 33.9 Å². The Morgan fingerprint density at radius 3 is 2.35 bits per heavy atom.